The molecule has 160 valence electrons. The number of nitrogens with one attached hydrogen (secondary N) is 1. The molecule has 0 bridgehead atoms. The number of carbonyl (C=O) groups excluding carboxylic acids is 1. The maximum Gasteiger partial charge on any atom is 0.267 e. The zero-order valence-corrected chi connectivity index (χ0v) is 18.5. The van der Waals surface area contributed by atoms with Gasteiger partial charge >= 0.3 is 0 Å². The molecule has 10 heteroatoms. The smallest absolute Gasteiger partial charge is 0.267 e. The standard InChI is InChI=1S/C20H24N4O4S2/c1-3-7-24-19(27)15(30-20(24)29)12-14-16(21-6-10-28-11-9-25)22-17-13(2)5-4-8-23(17)18(14)26/h4-5,8,12,21,25H,3,6-7,9-11H2,1-2H3/b15-12-. The minimum atomic E-state index is -0.275. The number of fused-ring (bicyclic) bond motifs is 1. The number of hydrogen-bond donors (Lipinski definition) is 2. The zero-order valence-electron chi connectivity index (χ0n) is 16.9. The summed E-state index contributed by atoms with van der Waals surface area (Å²) in [6, 6.07) is 3.66. The van der Waals surface area contributed by atoms with Crippen molar-refractivity contribution in [2.75, 3.05) is 38.2 Å². The number of anilines is 1. The van der Waals surface area contributed by atoms with Crippen LogP contribution in [0.2, 0.25) is 0 Å². The van der Waals surface area contributed by atoms with Gasteiger partial charge in [-0.2, -0.15) is 0 Å². The summed E-state index contributed by atoms with van der Waals surface area (Å²) < 4.78 is 7.23. The summed E-state index contributed by atoms with van der Waals surface area (Å²) in [6.07, 6.45) is 4.02. The Morgan fingerprint density at radius 2 is 2.17 bits per heavy atom. The second-order valence-corrected chi connectivity index (χ2v) is 8.34. The molecule has 1 aliphatic rings. The summed E-state index contributed by atoms with van der Waals surface area (Å²) in [5, 5.41) is 11.9. The lowest BCUT2D eigenvalue weighted by atomic mass is 10.2. The van der Waals surface area contributed by atoms with Crippen molar-refractivity contribution in [1.82, 2.24) is 14.3 Å². The van der Waals surface area contributed by atoms with Crippen molar-refractivity contribution in [3.63, 3.8) is 0 Å². The largest absolute Gasteiger partial charge is 0.394 e. The maximum atomic E-state index is 13.2. The first-order valence-corrected chi connectivity index (χ1v) is 10.9. The number of thioether (sulfide) groups is 1. The number of hydrogen-bond acceptors (Lipinski definition) is 8. The summed E-state index contributed by atoms with van der Waals surface area (Å²) in [4.78, 5) is 32.6. The molecule has 0 atom stereocenters. The van der Waals surface area contributed by atoms with Gasteiger partial charge in [0.2, 0.25) is 0 Å². The Morgan fingerprint density at radius 3 is 2.90 bits per heavy atom. The van der Waals surface area contributed by atoms with Gasteiger partial charge in [0.15, 0.2) is 0 Å². The van der Waals surface area contributed by atoms with Crippen molar-refractivity contribution < 1.29 is 14.6 Å². The van der Waals surface area contributed by atoms with Crippen LogP contribution in [0, 0.1) is 6.92 Å². The van der Waals surface area contributed by atoms with Gasteiger partial charge in [-0.25, -0.2) is 4.98 Å². The van der Waals surface area contributed by atoms with Crippen molar-refractivity contribution in [3.05, 3.63) is 44.7 Å². The molecule has 0 saturated carbocycles. The third-order valence-corrected chi connectivity index (χ3v) is 5.83. The highest BCUT2D eigenvalue weighted by molar-refractivity contribution is 8.26. The quantitative estimate of drug-likeness (QED) is 0.342. The molecule has 8 nitrogen and oxygen atoms in total. The maximum absolute atomic E-state index is 13.2. The van der Waals surface area contributed by atoms with E-state index in [0.717, 1.165) is 12.0 Å². The van der Waals surface area contributed by atoms with E-state index in [1.165, 1.54) is 16.2 Å². The van der Waals surface area contributed by atoms with Gasteiger partial charge in [0.05, 0.1) is 30.3 Å². The number of aryl methyl sites for hydroxylation is 1. The minimum absolute atomic E-state index is 0.0559. The van der Waals surface area contributed by atoms with Crippen LogP contribution in [-0.2, 0) is 9.53 Å². The highest BCUT2D eigenvalue weighted by atomic mass is 32.2. The molecule has 2 aromatic rings. The molecular formula is C20H24N4O4S2. The van der Waals surface area contributed by atoms with Gasteiger partial charge in [0.25, 0.3) is 11.5 Å². The van der Waals surface area contributed by atoms with E-state index in [1.807, 2.05) is 19.9 Å². The normalized spacial score (nSPS) is 15.6. The molecule has 1 fully saturated rings. The zero-order chi connectivity index (χ0) is 21.7. The molecule has 1 aliphatic heterocycles. The van der Waals surface area contributed by atoms with Crippen LogP contribution in [0.5, 0.6) is 0 Å². The number of aromatic nitrogens is 2. The average molecular weight is 449 g/mol. The minimum Gasteiger partial charge on any atom is -0.394 e. The van der Waals surface area contributed by atoms with E-state index < -0.39 is 0 Å². The molecule has 3 heterocycles. The first kappa shape index (κ1) is 22.4. The van der Waals surface area contributed by atoms with Crippen LogP contribution in [0.25, 0.3) is 11.7 Å². The lowest BCUT2D eigenvalue weighted by Gasteiger charge is -2.13. The summed E-state index contributed by atoms with van der Waals surface area (Å²) in [5.74, 6) is 0.181. The highest BCUT2D eigenvalue weighted by Crippen LogP contribution is 2.33. The Balaban J connectivity index is 2.02. The number of nitrogens with zero attached hydrogens (tertiary/aromatic N) is 3. The van der Waals surface area contributed by atoms with Gasteiger partial charge in [-0.1, -0.05) is 37.0 Å². The fraction of sp³-hybridized carbons (Fsp3) is 0.400. The average Bonchev–Trinajstić information content (AvgIpc) is 2.99. The lowest BCUT2D eigenvalue weighted by Crippen LogP contribution is -2.28. The predicted octanol–water partition coefficient (Wildman–Crippen LogP) is 2.03. The highest BCUT2D eigenvalue weighted by Gasteiger charge is 2.32. The van der Waals surface area contributed by atoms with Crippen LogP contribution in [0.4, 0.5) is 5.82 Å². The second kappa shape index (κ2) is 10.2. The first-order valence-electron chi connectivity index (χ1n) is 9.67. The predicted molar refractivity (Wildman–Crippen MR) is 123 cm³/mol. The Labute approximate surface area is 183 Å². The molecule has 0 spiro atoms. The van der Waals surface area contributed by atoms with Crippen molar-refractivity contribution in [2.45, 2.75) is 20.3 Å². The van der Waals surface area contributed by atoms with Gasteiger partial charge < -0.3 is 15.2 Å². The number of amides is 1. The number of rotatable bonds is 9. The van der Waals surface area contributed by atoms with Crippen molar-refractivity contribution in [1.29, 1.82) is 0 Å². The Morgan fingerprint density at radius 1 is 1.37 bits per heavy atom. The fourth-order valence-corrected chi connectivity index (χ4v) is 4.32. The molecule has 2 N–H and O–H groups in total. The van der Waals surface area contributed by atoms with Gasteiger partial charge in [-0.05, 0) is 31.1 Å². The first-order chi connectivity index (χ1) is 14.5. The molecule has 30 heavy (non-hydrogen) atoms. The van der Waals surface area contributed by atoms with E-state index in [2.05, 4.69) is 10.3 Å². The number of ether oxygens (including phenoxy) is 1. The van der Waals surface area contributed by atoms with E-state index >= 15 is 0 Å². The summed E-state index contributed by atoms with van der Waals surface area (Å²) in [5.41, 5.74) is 1.41. The number of carbonyl (C=O) groups is 1. The van der Waals surface area contributed by atoms with Crippen LogP contribution in [-0.4, -0.2) is 62.5 Å². The second-order valence-electron chi connectivity index (χ2n) is 6.66. The van der Waals surface area contributed by atoms with Crippen molar-refractivity contribution in [2.24, 2.45) is 0 Å². The van der Waals surface area contributed by atoms with E-state index in [-0.39, 0.29) is 30.2 Å². The molecule has 0 aliphatic carbocycles. The molecule has 1 saturated heterocycles. The van der Waals surface area contributed by atoms with E-state index in [9.17, 15) is 9.59 Å². The summed E-state index contributed by atoms with van der Waals surface area (Å²) in [6.45, 7) is 5.32. The van der Waals surface area contributed by atoms with Crippen molar-refractivity contribution in [3.8, 4) is 0 Å². The Hall–Kier alpha value is -2.27. The van der Waals surface area contributed by atoms with Gasteiger partial charge in [-0.15, -0.1) is 0 Å². The number of pyridine rings is 1. The molecule has 3 rings (SSSR count). The molecular weight excluding hydrogens is 424 g/mol. The third-order valence-electron chi connectivity index (χ3n) is 4.45. The number of thiocarbonyl (C=S) groups is 1. The van der Waals surface area contributed by atoms with Crippen LogP contribution >= 0.6 is 24.0 Å². The fourth-order valence-electron chi connectivity index (χ4n) is 3.03. The van der Waals surface area contributed by atoms with Crippen LogP contribution < -0.4 is 10.9 Å². The van der Waals surface area contributed by atoms with E-state index in [4.69, 9.17) is 22.1 Å². The third kappa shape index (κ3) is 4.72. The van der Waals surface area contributed by atoms with Crippen molar-refractivity contribution >= 4 is 51.7 Å². The molecule has 0 aromatic carbocycles. The Kier molecular flexibility index (Phi) is 7.59. The van der Waals surface area contributed by atoms with Gasteiger partial charge in [-0.3, -0.25) is 18.9 Å². The lowest BCUT2D eigenvalue weighted by molar-refractivity contribution is -0.122. The molecule has 1 amide bonds. The van der Waals surface area contributed by atoms with Crippen LogP contribution in [0.15, 0.2) is 28.0 Å². The summed E-state index contributed by atoms with van der Waals surface area (Å²) in [7, 11) is 0. The monoisotopic (exact) mass is 448 g/mol. The van der Waals surface area contributed by atoms with E-state index in [0.29, 0.717) is 40.4 Å². The van der Waals surface area contributed by atoms with Crippen LogP contribution in [0.3, 0.4) is 0 Å². The van der Waals surface area contributed by atoms with Gasteiger partial charge in [0, 0.05) is 19.3 Å². The summed E-state index contributed by atoms with van der Waals surface area (Å²) >= 11 is 6.51. The Bertz CT molecular complexity index is 1050. The number of aliphatic hydroxyl groups excluding tert-OH is 1. The SMILES string of the molecule is CCCN1C(=O)/C(=C/c2c(NCCOCCO)nc3c(C)cccn3c2=O)SC1=S. The molecule has 2 aromatic heterocycles. The molecule has 0 unspecified atom stereocenters. The number of aliphatic hydroxyl groups is 1. The molecule has 0 radical (unpaired) electrons. The topological polar surface area (TPSA) is 96.2 Å². The van der Waals surface area contributed by atoms with E-state index in [1.54, 1.807) is 23.2 Å². The van der Waals surface area contributed by atoms with Crippen LogP contribution in [0.1, 0.15) is 24.5 Å². The van der Waals surface area contributed by atoms with Gasteiger partial charge in [0.1, 0.15) is 15.8 Å².